The van der Waals surface area contributed by atoms with Crippen molar-refractivity contribution in [2.75, 3.05) is 6.54 Å². The highest BCUT2D eigenvalue weighted by Crippen LogP contribution is 2.29. The summed E-state index contributed by atoms with van der Waals surface area (Å²) in [6, 6.07) is 14.0. The number of nitrogens with zero attached hydrogens (tertiary/aromatic N) is 2. The van der Waals surface area contributed by atoms with Gasteiger partial charge in [-0.2, -0.15) is 0 Å². The summed E-state index contributed by atoms with van der Waals surface area (Å²) in [6.45, 7) is 0.0705. The molecule has 2 aromatic carbocycles. The fourth-order valence-corrected chi connectivity index (χ4v) is 3.50. The average molecular weight is 392 g/mol. The normalized spacial score (nSPS) is 18.4. The van der Waals surface area contributed by atoms with Crippen LogP contribution in [0.5, 0.6) is 0 Å². The van der Waals surface area contributed by atoms with E-state index >= 15 is 0 Å². The molecule has 3 aromatic rings. The summed E-state index contributed by atoms with van der Waals surface area (Å²) in [5, 5.41) is 5.74. The maximum atomic E-state index is 13.1. The van der Waals surface area contributed by atoms with Crippen LogP contribution in [-0.2, 0) is 21.7 Å². The molecule has 8 heteroatoms. The minimum atomic E-state index is -1.44. The molecular formula is C21H17FN4O3. The second-order valence-electron chi connectivity index (χ2n) is 6.86. The first kappa shape index (κ1) is 18.5. The third-order valence-corrected chi connectivity index (χ3v) is 4.93. The third-order valence-electron chi connectivity index (χ3n) is 4.93. The van der Waals surface area contributed by atoms with E-state index in [1.807, 2.05) is 6.07 Å². The van der Waals surface area contributed by atoms with Gasteiger partial charge in [-0.05, 0) is 41.5 Å². The average Bonchev–Trinajstić information content (AvgIpc) is 3.02. The van der Waals surface area contributed by atoms with Gasteiger partial charge in [0.15, 0.2) is 5.54 Å². The van der Waals surface area contributed by atoms with E-state index in [0.29, 0.717) is 17.5 Å². The molecule has 1 saturated heterocycles. The summed E-state index contributed by atoms with van der Waals surface area (Å²) in [5.41, 5.74) is 0.533. The first-order chi connectivity index (χ1) is 14.0. The molecule has 1 aromatic heterocycles. The van der Waals surface area contributed by atoms with Crippen LogP contribution < -0.4 is 10.6 Å². The lowest BCUT2D eigenvalue weighted by molar-refractivity contribution is -0.127. The molecule has 1 atom stereocenters. The smallest absolute Gasteiger partial charge is 0.322 e. The van der Waals surface area contributed by atoms with Gasteiger partial charge >= 0.3 is 6.03 Å². The van der Waals surface area contributed by atoms with E-state index in [0.717, 1.165) is 10.9 Å². The van der Waals surface area contributed by atoms with Crippen molar-refractivity contribution in [3.63, 3.8) is 0 Å². The Morgan fingerprint density at radius 2 is 1.90 bits per heavy atom. The van der Waals surface area contributed by atoms with Crippen LogP contribution in [0.3, 0.4) is 0 Å². The summed E-state index contributed by atoms with van der Waals surface area (Å²) in [5.74, 6) is -0.924. The standard InChI is InChI=1S/C21H17FN4O3/c22-17-6-3-14(4-7-17)11-26(13-27)12-21(19(28)24-20(29)25-21)16-5-8-18-15(10-16)2-1-9-23-18/h1-10,13H,11-12H2,(H2,24,25,28,29). The van der Waals surface area contributed by atoms with Gasteiger partial charge in [0.2, 0.25) is 6.41 Å². The van der Waals surface area contributed by atoms with Crippen molar-refractivity contribution >= 4 is 29.3 Å². The van der Waals surface area contributed by atoms with E-state index in [2.05, 4.69) is 15.6 Å². The zero-order valence-corrected chi connectivity index (χ0v) is 15.3. The first-order valence-corrected chi connectivity index (χ1v) is 8.93. The molecule has 0 radical (unpaired) electrons. The predicted octanol–water partition coefficient (Wildman–Crippen LogP) is 2.07. The lowest BCUT2D eigenvalue weighted by Gasteiger charge is -2.31. The van der Waals surface area contributed by atoms with E-state index < -0.39 is 17.5 Å². The van der Waals surface area contributed by atoms with E-state index in [-0.39, 0.29) is 18.9 Å². The number of rotatable bonds is 6. The molecule has 2 heterocycles. The molecule has 1 aliphatic heterocycles. The summed E-state index contributed by atoms with van der Waals surface area (Å²) < 4.78 is 13.1. The van der Waals surface area contributed by atoms with Crippen molar-refractivity contribution in [2.45, 2.75) is 12.1 Å². The molecular weight excluding hydrogens is 375 g/mol. The van der Waals surface area contributed by atoms with Crippen molar-refractivity contribution in [3.05, 3.63) is 77.7 Å². The number of benzene rings is 2. The van der Waals surface area contributed by atoms with E-state index in [1.165, 1.54) is 17.0 Å². The monoisotopic (exact) mass is 392 g/mol. The molecule has 2 N–H and O–H groups in total. The molecule has 0 bridgehead atoms. The fourth-order valence-electron chi connectivity index (χ4n) is 3.50. The minimum Gasteiger partial charge on any atom is -0.338 e. The molecule has 0 aliphatic carbocycles. The van der Waals surface area contributed by atoms with Crippen LogP contribution >= 0.6 is 0 Å². The first-order valence-electron chi connectivity index (χ1n) is 8.93. The molecule has 1 aliphatic rings. The van der Waals surface area contributed by atoms with Crippen LogP contribution in [0.2, 0.25) is 0 Å². The van der Waals surface area contributed by atoms with Gasteiger partial charge in [-0.1, -0.05) is 24.3 Å². The molecule has 1 unspecified atom stereocenters. The fraction of sp³-hybridized carbons (Fsp3) is 0.143. The molecule has 4 rings (SSSR count). The quantitative estimate of drug-likeness (QED) is 0.496. The minimum absolute atomic E-state index is 0.0861. The number of amides is 4. The molecule has 146 valence electrons. The Morgan fingerprint density at radius 3 is 2.59 bits per heavy atom. The number of carbonyl (C=O) groups is 3. The number of urea groups is 1. The molecule has 0 saturated carbocycles. The highest BCUT2D eigenvalue weighted by molar-refractivity contribution is 6.08. The van der Waals surface area contributed by atoms with Crippen LogP contribution in [0, 0.1) is 5.82 Å². The van der Waals surface area contributed by atoms with Crippen molar-refractivity contribution < 1.29 is 18.8 Å². The van der Waals surface area contributed by atoms with Gasteiger partial charge in [0, 0.05) is 18.1 Å². The van der Waals surface area contributed by atoms with Crippen LogP contribution in [0.25, 0.3) is 10.9 Å². The maximum absolute atomic E-state index is 13.1. The third kappa shape index (κ3) is 3.52. The number of aromatic nitrogens is 1. The lowest BCUT2D eigenvalue weighted by Crippen LogP contribution is -2.52. The highest BCUT2D eigenvalue weighted by Gasteiger charge is 2.49. The zero-order chi connectivity index (χ0) is 20.4. The lowest BCUT2D eigenvalue weighted by atomic mass is 9.88. The van der Waals surface area contributed by atoms with Crippen molar-refractivity contribution in [1.29, 1.82) is 0 Å². The molecule has 29 heavy (non-hydrogen) atoms. The largest absolute Gasteiger partial charge is 0.338 e. The SMILES string of the molecule is O=CN(Cc1ccc(F)cc1)CC1(c2ccc3ncccc3c2)NC(=O)NC1=O. The molecule has 1 fully saturated rings. The Balaban J connectivity index is 1.70. The van der Waals surface area contributed by atoms with Crippen LogP contribution in [0.15, 0.2) is 60.8 Å². The number of carbonyl (C=O) groups excluding carboxylic acids is 3. The van der Waals surface area contributed by atoms with Gasteiger partial charge in [0.05, 0.1) is 12.1 Å². The van der Waals surface area contributed by atoms with Gasteiger partial charge in [-0.25, -0.2) is 9.18 Å². The Bertz CT molecular complexity index is 1100. The van der Waals surface area contributed by atoms with E-state index in [9.17, 15) is 18.8 Å². The number of pyridine rings is 1. The summed E-state index contributed by atoms with van der Waals surface area (Å²) in [4.78, 5) is 42.1. The number of hydrogen-bond donors (Lipinski definition) is 2. The Kier molecular flexibility index (Phi) is 4.67. The topological polar surface area (TPSA) is 91.4 Å². The van der Waals surface area contributed by atoms with Crippen LogP contribution in [-0.4, -0.2) is 34.8 Å². The second kappa shape index (κ2) is 7.31. The molecule has 4 amide bonds. The number of fused-ring (bicyclic) bond motifs is 1. The zero-order valence-electron chi connectivity index (χ0n) is 15.3. The summed E-state index contributed by atoms with van der Waals surface area (Å²) in [6.07, 6.45) is 2.27. The molecule has 7 nitrogen and oxygen atoms in total. The number of hydrogen-bond acceptors (Lipinski definition) is 4. The predicted molar refractivity (Wildman–Crippen MR) is 103 cm³/mol. The van der Waals surface area contributed by atoms with Gasteiger partial charge in [-0.15, -0.1) is 0 Å². The number of nitrogens with one attached hydrogen (secondary N) is 2. The summed E-state index contributed by atoms with van der Waals surface area (Å²) in [7, 11) is 0. The number of imide groups is 1. The van der Waals surface area contributed by atoms with Gasteiger partial charge in [-0.3, -0.25) is 19.9 Å². The van der Waals surface area contributed by atoms with Crippen molar-refractivity contribution in [2.24, 2.45) is 0 Å². The van der Waals surface area contributed by atoms with Crippen molar-refractivity contribution in [1.82, 2.24) is 20.5 Å². The van der Waals surface area contributed by atoms with Gasteiger partial charge < -0.3 is 10.2 Å². The highest BCUT2D eigenvalue weighted by atomic mass is 19.1. The van der Waals surface area contributed by atoms with Gasteiger partial charge in [0.1, 0.15) is 5.82 Å². The summed E-state index contributed by atoms with van der Waals surface area (Å²) >= 11 is 0. The molecule has 0 spiro atoms. The Morgan fingerprint density at radius 1 is 1.10 bits per heavy atom. The second-order valence-corrected chi connectivity index (χ2v) is 6.86. The maximum Gasteiger partial charge on any atom is 0.322 e. The van der Waals surface area contributed by atoms with Crippen LogP contribution in [0.4, 0.5) is 9.18 Å². The van der Waals surface area contributed by atoms with Crippen molar-refractivity contribution in [3.8, 4) is 0 Å². The van der Waals surface area contributed by atoms with Crippen LogP contribution in [0.1, 0.15) is 11.1 Å². The Hall–Kier alpha value is -3.81. The van der Waals surface area contributed by atoms with E-state index in [4.69, 9.17) is 0 Å². The van der Waals surface area contributed by atoms with E-state index in [1.54, 1.807) is 42.6 Å². The van der Waals surface area contributed by atoms with Gasteiger partial charge in [0.25, 0.3) is 5.91 Å². The number of halogens is 1. The Labute approximate surface area is 165 Å².